The molecule has 1 atom stereocenters. The smallest absolute Gasteiger partial charge is 0.255 e. The van der Waals surface area contributed by atoms with Gasteiger partial charge < -0.3 is 20.1 Å². The van der Waals surface area contributed by atoms with Crippen molar-refractivity contribution in [3.8, 4) is 11.5 Å². The number of carbonyl (C=O) groups excluding carboxylic acids is 2. The summed E-state index contributed by atoms with van der Waals surface area (Å²) in [7, 11) is 0. The summed E-state index contributed by atoms with van der Waals surface area (Å²) >= 11 is 0. The van der Waals surface area contributed by atoms with Crippen molar-refractivity contribution in [3.05, 3.63) is 70.7 Å². The Bertz CT molecular complexity index is 1180. The Morgan fingerprint density at radius 3 is 2.75 bits per heavy atom. The summed E-state index contributed by atoms with van der Waals surface area (Å²) in [5.41, 5.74) is 3.45. The molecule has 32 heavy (non-hydrogen) atoms. The second-order valence-corrected chi connectivity index (χ2v) is 9.21. The number of ether oxygens (including phenoxy) is 2. The number of Topliss-reactive ketones (excluding diaryl/α,β-unsaturated/α-hetero) is 1. The fourth-order valence-corrected chi connectivity index (χ4v) is 4.78. The minimum absolute atomic E-state index is 0.0575. The number of hydrogen-bond acceptors (Lipinski definition) is 6. The molecule has 0 unspecified atom stereocenters. The van der Waals surface area contributed by atoms with Crippen LogP contribution in [0.5, 0.6) is 11.5 Å². The molecule has 1 aromatic heterocycles. The van der Waals surface area contributed by atoms with Crippen LogP contribution in [-0.2, 0) is 9.59 Å². The van der Waals surface area contributed by atoms with Crippen LogP contribution < -0.4 is 20.1 Å². The van der Waals surface area contributed by atoms with E-state index < -0.39 is 5.92 Å². The number of nitrogens with zero attached hydrogens (tertiary/aromatic N) is 1. The molecule has 2 N–H and O–H groups in total. The van der Waals surface area contributed by atoms with Gasteiger partial charge in [0.25, 0.3) is 5.91 Å². The zero-order valence-electron chi connectivity index (χ0n) is 18.3. The first-order valence-corrected chi connectivity index (χ1v) is 10.7. The molecule has 0 fully saturated rings. The predicted octanol–water partition coefficient (Wildman–Crippen LogP) is 4.05. The maximum absolute atomic E-state index is 13.5. The third-order valence-electron chi connectivity index (χ3n) is 6.12. The van der Waals surface area contributed by atoms with Crippen LogP contribution in [0.25, 0.3) is 0 Å². The van der Waals surface area contributed by atoms with Crippen LogP contribution in [0, 0.1) is 5.41 Å². The first-order valence-electron chi connectivity index (χ1n) is 10.7. The number of hydrogen-bond donors (Lipinski definition) is 2. The van der Waals surface area contributed by atoms with Crippen molar-refractivity contribution in [1.29, 1.82) is 0 Å². The van der Waals surface area contributed by atoms with E-state index in [2.05, 4.69) is 29.5 Å². The van der Waals surface area contributed by atoms with Crippen LogP contribution in [0.15, 0.2) is 65.1 Å². The molecule has 5 rings (SSSR count). The van der Waals surface area contributed by atoms with Crippen LogP contribution in [0.3, 0.4) is 0 Å². The largest absolute Gasteiger partial charge is 0.454 e. The second kappa shape index (κ2) is 7.51. The molecule has 1 amide bonds. The molecule has 0 saturated heterocycles. The number of benzene rings is 1. The number of anilines is 1. The Balaban J connectivity index is 1.62. The Morgan fingerprint density at radius 1 is 1.16 bits per heavy atom. The van der Waals surface area contributed by atoms with Gasteiger partial charge in [-0.05, 0) is 48.6 Å². The number of amides is 1. The lowest BCUT2D eigenvalue weighted by Crippen LogP contribution is -2.39. The van der Waals surface area contributed by atoms with Crippen molar-refractivity contribution in [3.63, 3.8) is 0 Å². The molecule has 1 aliphatic carbocycles. The summed E-state index contributed by atoms with van der Waals surface area (Å²) in [5.74, 6) is 0.996. The highest BCUT2D eigenvalue weighted by Crippen LogP contribution is 2.48. The third-order valence-corrected chi connectivity index (χ3v) is 6.12. The topological polar surface area (TPSA) is 89.6 Å². The van der Waals surface area contributed by atoms with Gasteiger partial charge >= 0.3 is 0 Å². The fourth-order valence-electron chi connectivity index (χ4n) is 4.78. The number of rotatable bonds is 3. The summed E-state index contributed by atoms with van der Waals surface area (Å²) in [6.07, 6.45) is 2.79. The SMILES string of the molecule is CC1=C(C(=O)Nc2ccccn2)[C@H](c2ccc3c(c2)OCO3)C2=C(CC(C)(C)CC2=O)N1. The molecule has 0 spiro atoms. The van der Waals surface area contributed by atoms with Crippen molar-refractivity contribution in [2.75, 3.05) is 12.1 Å². The second-order valence-electron chi connectivity index (χ2n) is 9.21. The van der Waals surface area contributed by atoms with Crippen LogP contribution in [0.1, 0.15) is 45.1 Å². The maximum Gasteiger partial charge on any atom is 0.255 e. The van der Waals surface area contributed by atoms with Gasteiger partial charge in [0.1, 0.15) is 5.82 Å². The molecule has 0 radical (unpaired) electrons. The third kappa shape index (κ3) is 3.53. The molecule has 3 aliphatic rings. The van der Waals surface area contributed by atoms with Crippen molar-refractivity contribution in [2.24, 2.45) is 5.41 Å². The number of nitrogens with one attached hydrogen (secondary N) is 2. The zero-order valence-corrected chi connectivity index (χ0v) is 18.3. The predicted molar refractivity (Wildman–Crippen MR) is 119 cm³/mol. The Labute approximate surface area is 186 Å². The van der Waals surface area contributed by atoms with E-state index in [1.807, 2.05) is 31.2 Å². The van der Waals surface area contributed by atoms with Gasteiger partial charge in [0.05, 0.1) is 0 Å². The van der Waals surface area contributed by atoms with E-state index >= 15 is 0 Å². The number of allylic oxidation sites excluding steroid dienone is 3. The van der Waals surface area contributed by atoms with Gasteiger partial charge in [-0.15, -0.1) is 0 Å². The lowest BCUT2D eigenvalue weighted by molar-refractivity contribution is -0.118. The van der Waals surface area contributed by atoms with Gasteiger partial charge in [-0.25, -0.2) is 4.98 Å². The van der Waals surface area contributed by atoms with Crippen LogP contribution in [0.2, 0.25) is 0 Å². The lowest BCUT2D eigenvalue weighted by atomic mass is 9.68. The summed E-state index contributed by atoms with van der Waals surface area (Å²) in [4.78, 5) is 31.0. The molecule has 3 heterocycles. The van der Waals surface area contributed by atoms with Gasteiger partial charge in [0.2, 0.25) is 6.79 Å². The summed E-state index contributed by atoms with van der Waals surface area (Å²) in [6.45, 7) is 6.22. The monoisotopic (exact) mass is 431 g/mol. The highest BCUT2D eigenvalue weighted by atomic mass is 16.7. The molecule has 0 bridgehead atoms. The molecule has 2 aliphatic heterocycles. The van der Waals surface area contributed by atoms with Gasteiger partial charge in [0, 0.05) is 41.1 Å². The molecular weight excluding hydrogens is 406 g/mol. The number of pyridine rings is 1. The van der Waals surface area contributed by atoms with Gasteiger partial charge in [-0.1, -0.05) is 26.0 Å². The standard InChI is InChI=1S/C25H25N3O4/c1-14-21(24(30)28-20-6-4-5-9-26-20)22(15-7-8-18-19(10-15)32-13-31-18)23-16(27-14)11-25(2,3)12-17(23)29/h4-10,22,27H,11-13H2,1-3H3,(H,26,28,30)/t22-/m0/s1. The number of carbonyl (C=O) groups is 2. The van der Waals surface area contributed by atoms with Crippen molar-refractivity contribution in [2.45, 2.75) is 39.5 Å². The van der Waals surface area contributed by atoms with E-state index in [0.717, 1.165) is 23.4 Å². The Kier molecular flexibility index (Phi) is 4.77. The van der Waals surface area contributed by atoms with E-state index in [9.17, 15) is 9.59 Å². The number of ketones is 1. The van der Waals surface area contributed by atoms with Crippen LogP contribution >= 0.6 is 0 Å². The first kappa shape index (κ1) is 20.3. The highest BCUT2D eigenvalue weighted by Gasteiger charge is 2.43. The molecule has 1 aromatic carbocycles. The number of fused-ring (bicyclic) bond motifs is 1. The zero-order chi connectivity index (χ0) is 22.5. The van der Waals surface area contributed by atoms with Crippen molar-refractivity contribution < 1.29 is 19.1 Å². The van der Waals surface area contributed by atoms with E-state index in [4.69, 9.17) is 9.47 Å². The van der Waals surface area contributed by atoms with Gasteiger partial charge in [-0.2, -0.15) is 0 Å². The Morgan fingerprint density at radius 2 is 1.97 bits per heavy atom. The van der Waals surface area contributed by atoms with Crippen molar-refractivity contribution >= 4 is 17.5 Å². The first-order chi connectivity index (χ1) is 15.3. The Hall–Kier alpha value is -3.61. The molecule has 2 aromatic rings. The summed E-state index contributed by atoms with van der Waals surface area (Å²) in [5, 5.41) is 6.26. The summed E-state index contributed by atoms with van der Waals surface area (Å²) < 4.78 is 11.0. The van der Waals surface area contributed by atoms with Crippen molar-refractivity contribution in [1.82, 2.24) is 10.3 Å². The molecule has 7 heteroatoms. The number of dihydropyridines is 1. The maximum atomic E-state index is 13.5. The normalized spacial score (nSPS) is 21.2. The van der Waals surface area contributed by atoms with Gasteiger partial charge in [-0.3, -0.25) is 9.59 Å². The fraction of sp³-hybridized carbons (Fsp3) is 0.320. The molecule has 7 nitrogen and oxygen atoms in total. The minimum Gasteiger partial charge on any atom is -0.454 e. The van der Waals surface area contributed by atoms with E-state index in [0.29, 0.717) is 34.9 Å². The molecule has 0 saturated carbocycles. The lowest BCUT2D eigenvalue weighted by Gasteiger charge is -2.39. The number of aromatic nitrogens is 1. The van der Waals surface area contributed by atoms with E-state index in [1.54, 1.807) is 18.3 Å². The van der Waals surface area contributed by atoms with Crippen LogP contribution in [0.4, 0.5) is 5.82 Å². The minimum atomic E-state index is -0.506. The average molecular weight is 431 g/mol. The van der Waals surface area contributed by atoms with E-state index in [-0.39, 0.29) is 23.9 Å². The average Bonchev–Trinajstić information content (AvgIpc) is 3.20. The molecule has 164 valence electrons. The quantitative estimate of drug-likeness (QED) is 0.762. The molecular formula is C25H25N3O4. The summed E-state index contributed by atoms with van der Waals surface area (Å²) in [6, 6.07) is 10.9. The van der Waals surface area contributed by atoms with Gasteiger partial charge in [0.15, 0.2) is 17.3 Å². The van der Waals surface area contributed by atoms with E-state index in [1.165, 1.54) is 0 Å². The van der Waals surface area contributed by atoms with Crippen LogP contribution in [-0.4, -0.2) is 23.5 Å². The highest BCUT2D eigenvalue weighted by molar-refractivity contribution is 6.09.